The Labute approximate surface area is 160 Å². The fourth-order valence-corrected chi connectivity index (χ4v) is 3.65. The van der Waals surface area contributed by atoms with Gasteiger partial charge in [0.15, 0.2) is 0 Å². The van der Waals surface area contributed by atoms with Crippen LogP contribution >= 0.6 is 12.4 Å². The van der Waals surface area contributed by atoms with E-state index >= 15 is 0 Å². The van der Waals surface area contributed by atoms with Crippen LogP contribution in [0.5, 0.6) is 5.75 Å². The van der Waals surface area contributed by atoms with Gasteiger partial charge in [-0.15, -0.1) is 12.4 Å². The van der Waals surface area contributed by atoms with Gasteiger partial charge in [0.25, 0.3) is 5.91 Å². The molecule has 1 saturated carbocycles. The largest absolute Gasteiger partial charge is 0.490 e. The second-order valence-electron chi connectivity index (χ2n) is 6.94. The number of nitrogens with one attached hydrogen (secondary N) is 2. The third kappa shape index (κ3) is 4.37. The minimum atomic E-state index is -0.0597. The number of halogens is 1. The van der Waals surface area contributed by atoms with Crippen molar-refractivity contribution < 1.29 is 9.53 Å². The Morgan fingerprint density at radius 2 is 1.88 bits per heavy atom. The number of carbonyl (C=O) groups excluding carboxylic acids is 1. The summed E-state index contributed by atoms with van der Waals surface area (Å²) in [6.45, 7) is 2.40. The van der Waals surface area contributed by atoms with Crippen LogP contribution in [-0.2, 0) is 19.6 Å². The summed E-state index contributed by atoms with van der Waals surface area (Å²) in [7, 11) is 0. The number of carbonyl (C=O) groups is 1. The number of rotatable bonds is 5. The van der Waals surface area contributed by atoms with Gasteiger partial charge in [-0.1, -0.05) is 24.3 Å². The van der Waals surface area contributed by atoms with Crippen molar-refractivity contribution in [1.29, 1.82) is 0 Å². The predicted octanol–water partition coefficient (Wildman–Crippen LogP) is 3.96. The fraction of sp³-hybridized carbons (Fsp3) is 0.381. The summed E-state index contributed by atoms with van der Waals surface area (Å²) in [5.41, 5.74) is 4.47. The Hall–Kier alpha value is -2.04. The quantitative estimate of drug-likeness (QED) is 0.835. The van der Waals surface area contributed by atoms with Crippen LogP contribution in [0.1, 0.15) is 52.7 Å². The minimum absolute atomic E-state index is 0. The zero-order valence-corrected chi connectivity index (χ0v) is 15.6. The van der Waals surface area contributed by atoms with Gasteiger partial charge in [0, 0.05) is 25.2 Å². The van der Waals surface area contributed by atoms with Crippen molar-refractivity contribution >= 4 is 18.3 Å². The van der Waals surface area contributed by atoms with Gasteiger partial charge in [0.1, 0.15) is 5.75 Å². The van der Waals surface area contributed by atoms with E-state index < -0.39 is 0 Å². The van der Waals surface area contributed by atoms with Crippen molar-refractivity contribution in [2.75, 3.05) is 0 Å². The Morgan fingerprint density at radius 3 is 2.73 bits per heavy atom. The van der Waals surface area contributed by atoms with Crippen LogP contribution in [0, 0.1) is 0 Å². The number of ether oxygens (including phenoxy) is 1. The lowest BCUT2D eigenvalue weighted by Crippen LogP contribution is -2.23. The second kappa shape index (κ2) is 8.56. The zero-order chi connectivity index (χ0) is 17.1. The molecule has 2 N–H and O–H groups in total. The highest BCUT2D eigenvalue weighted by atomic mass is 35.5. The molecular weight excluding hydrogens is 348 g/mol. The van der Waals surface area contributed by atoms with E-state index in [9.17, 15) is 4.79 Å². The van der Waals surface area contributed by atoms with Gasteiger partial charge in [0.2, 0.25) is 0 Å². The van der Waals surface area contributed by atoms with Gasteiger partial charge >= 0.3 is 0 Å². The van der Waals surface area contributed by atoms with Gasteiger partial charge < -0.3 is 15.4 Å². The SMILES string of the molecule is Cl.O=C(NCc1ccc2c(c1)CNC2)c1cccc(OC2CCCC2)c1. The van der Waals surface area contributed by atoms with E-state index in [0.717, 1.165) is 37.2 Å². The van der Waals surface area contributed by atoms with Crippen LogP contribution in [0.3, 0.4) is 0 Å². The van der Waals surface area contributed by atoms with Crippen molar-refractivity contribution in [1.82, 2.24) is 10.6 Å². The molecule has 2 aromatic carbocycles. The lowest BCUT2D eigenvalue weighted by molar-refractivity contribution is 0.0950. The number of fused-ring (bicyclic) bond motifs is 1. The number of hydrogen-bond acceptors (Lipinski definition) is 3. The average Bonchev–Trinajstić information content (AvgIpc) is 3.31. The molecule has 0 atom stereocenters. The molecule has 0 saturated heterocycles. The van der Waals surface area contributed by atoms with Crippen molar-refractivity contribution in [3.8, 4) is 5.75 Å². The van der Waals surface area contributed by atoms with Crippen LogP contribution < -0.4 is 15.4 Å². The maximum atomic E-state index is 12.5. The first kappa shape index (κ1) is 18.7. The van der Waals surface area contributed by atoms with Gasteiger partial charge in [-0.2, -0.15) is 0 Å². The number of amides is 1. The van der Waals surface area contributed by atoms with Crippen LogP contribution in [0.15, 0.2) is 42.5 Å². The van der Waals surface area contributed by atoms with Crippen LogP contribution in [0.4, 0.5) is 0 Å². The van der Waals surface area contributed by atoms with E-state index in [1.165, 1.54) is 24.0 Å². The Bertz CT molecular complexity index is 772. The highest BCUT2D eigenvalue weighted by Crippen LogP contribution is 2.24. The summed E-state index contributed by atoms with van der Waals surface area (Å²) >= 11 is 0. The summed E-state index contributed by atoms with van der Waals surface area (Å²) in [5, 5.41) is 6.35. The van der Waals surface area contributed by atoms with Crippen molar-refractivity contribution in [2.45, 2.75) is 51.4 Å². The van der Waals surface area contributed by atoms with Gasteiger partial charge in [-0.3, -0.25) is 4.79 Å². The van der Waals surface area contributed by atoms with Crippen molar-refractivity contribution in [2.24, 2.45) is 0 Å². The molecule has 1 heterocycles. The summed E-state index contributed by atoms with van der Waals surface area (Å²) in [5.74, 6) is 0.735. The molecule has 4 rings (SSSR count). The Morgan fingerprint density at radius 1 is 1.08 bits per heavy atom. The van der Waals surface area contributed by atoms with E-state index in [2.05, 4.69) is 28.8 Å². The molecular formula is C21H25ClN2O2. The third-order valence-corrected chi connectivity index (χ3v) is 5.06. The van der Waals surface area contributed by atoms with Crippen molar-refractivity contribution in [3.63, 3.8) is 0 Å². The topological polar surface area (TPSA) is 50.4 Å². The molecule has 2 aromatic rings. The molecule has 4 nitrogen and oxygen atoms in total. The lowest BCUT2D eigenvalue weighted by Gasteiger charge is -2.14. The molecule has 2 aliphatic rings. The van der Waals surface area contributed by atoms with Crippen LogP contribution in [-0.4, -0.2) is 12.0 Å². The molecule has 1 amide bonds. The second-order valence-corrected chi connectivity index (χ2v) is 6.94. The number of hydrogen-bond donors (Lipinski definition) is 2. The van der Waals surface area contributed by atoms with Crippen LogP contribution in [0.2, 0.25) is 0 Å². The molecule has 138 valence electrons. The monoisotopic (exact) mass is 372 g/mol. The van der Waals surface area contributed by atoms with Gasteiger partial charge in [-0.25, -0.2) is 0 Å². The zero-order valence-electron chi connectivity index (χ0n) is 14.8. The molecule has 1 fully saturated rings. The van der Waals surface area contributed by atoms with E-state index in [1.807, 2.05) is 24.3 Å². The molecule has 1 aliphatic carbocycles. The van der Waals surface area contributed by atoms with E-state index in [-0.39, 0.29) is 18.3 Å². The fourth-order valence-electron chi connectivity index (χ4n) is 3.65. The highest BCUT2D eigenvalue weighted by molar-refractivity contribution is 5.94. The Kier molecular flexibility index (Phi) is 6.17. The average molecular weight is 373 g/mol. The minimum Gasteiger partial charge on any atom is -0.490 e. The van der Waals surface area contributed by atoms with Gasteiger partial charge in [0.05, 0.1) is 6.10 Å². The lowest BCUT2D eigenvalue weighted by atomic mass is 10.1. The molecule has 0 spiro atoms. The molecule has 0 bridgehead atoms. The maximum absolute atomic E-state index is 12.5. The molecule has 5 heteroatoms. The smallest absolute Gasteiger partial charge is 0.251 e. The molecule has 1 aliphatic heterocycles. The van der Waals surface area contributed by atoms with Crippen molar-refractivity contribution in [3.05, 3.63) is 64.7 Å². The summed E-state index contributed by atoms with van der Waals surface area (Å²) in [6, 6.07) is 13.9. The van der Waals surface area contributed by atoms with E-state index in [0.29, 0.717) is 18.2 Å². The maximum Gasteiger partial charge on any atom is 0.251 e. The summed E-state index contributed by atoms with van der Waals surface area (Å²) in [6.07, 6.45) is 5.01. The first-order chi connectivity index (χ1) is 12.3. The standard InChI is InChI=1S/C21H24N2O2.ClH/c24-21(23-12-15-8-9-17-13-22-14-18(17)10-15)16-4-3-7-20(11-16)25-19-5-1-2-6-19;/h3-4,7-11,19,22H,1-2,5-6,12-14H2,(H,23,24);1H. The molecule has 0 radical (unpaired) electrons. The van der Waals surface area contributed by atoms with E-state index in [4.69, 9.17) is 4.74 Å². The third-order valence-electron chi connectivity index (χ3n) is 5.06. The van der Waals surface area contributed by atoms with E-state index in [1.54, 1.807) is 0 Å². The number of benzene rings is 2. The molecule has 0 aromatic heterocycles. The Balaban J connectivity index is 0.00000196. The first-order valence-corrected chi connectivity index (χ1v) is 9.14. The van der Waals surface area contributed by atoms with Gasteiger partial charge in [-0.05, 0) is 60.6 Å². The highest BCUT2D eigenvalue weighted by Gasteiger charge is 2.17. The summed E-state index contributed by atoms with van der Waals surface area (Å²) < 4.78 is 5.99. The predicted molar refractivity (Wildman–Crippen MR) is 105 cm³/mol. The van der Waals surface area contributed by atoms with Crippen LogP contribution in [0.25, 0.3) is 0 Å². The molecule has 0 unspecified atom stereocenters. The molecule has 26 heavy (non-hydrogen) atoms. The normalized spacial score (nSPS) is 16.0. The first-order valence-electron chi connectivity index (χ1n) is 9.14. The summed E-state index contributed by atoms with van der Waals surface area (Å²) in [4.78, 5) is 12.5.